The Kier molecular flexibility index (Phi) is 4.75. The van der Waals surface area contributed by atoms with Crippen LogP contribution in [0.2, 0.25) is 0 Å². The molecular weight excluding hydrogens is 241 g/mol. The van der Waals surface area contributed by atoms with E-state index in [0.29, 0.717) is 11.5 Å². The molecule has 3 nitrogen and oxygen atoms in total. The number of nitrogens with zero attached hydrogens (tertiary/aromatic N) is 2. The Morgan fingerprint density at radius 1 is 1.37 bits per heavy atom. The maximum Gasteiger partial charge on any atom is 0.126 e. The minimum absolute atomic E-state index is 0.330. The number of benzene rings is 1. The number of nitrogens with one attached hydrogen (secondary N) is 1. The molecule has 0 amide bonds. The van der Waals surface area contributed by atoms with E-state index in [9.17, 15) is 4.39 Å². The van der Waals surface area contributed by atoms with Crippen LogP contribution in [0.1, 0.15) is 25.3 Å². The third-order valence-electron chi connectivity index (χ3n) is 3.67. The summed E-state index contributed by atoms with van der Waals surface area (Å²) in [4.78, 5) is 2.17. The lowest BCUT2D eigenvalue weighted by Gasteiger charge is -2.33. The van der Waals surface area contributed by atoms with Gasteiger partial charge in [0.2, 0.25) is 0 Å². The maximum absolute atomic E-state index is 13.4. The fourth-order valence-electron chi connectivity index (χ4n) is 2.57. The monoisotopic (exact) mass is 261 g/mol. The highest BCUT2D eigenvalue weighted by molar-refractivity contribution is 5.52. The van der Waals surface area contributed by atoms with Crippen molar-refractivity contribution in [2.75, 3.05) is 31.1 Å². The molecule has 4 heteroatoms. The van der Waals surface area contributed by atoms with Crippen molar-refractivity contribution in [3.63, 3.8) is 0 Å². The van der Waals surface area contributed by atoms with Crippen LogP contribution in [0.4, 0.5) is 10.1 Å². The summed E-state index contributed by atoms with van der Waals surface area (Å²) in [6.07, 6.45) is 2.23. The summed E-state index contributed by atoms with van der Waals surface area (Å²) >= 11 is 0. The SMILES string of the molecule is CCNCC1CCN(c2cc(F)cc(C#N)c2)CC1. The number of rotatable bonds is 4. The molecular formula is C15H20FN3. The zero-order valence-electron chi connectivity index (χ0n) is 11.3. The van der Waals surface area contributed by atoms with Crippen LogP contribution in [0.5, 0.6) is 0 Å². The van der Waals surface area contributed by atoms with Gasteiger partial charge in [0.05, 0.1) is 11.6 Å². The summed E-state index contributed by atoms with van der Waals surface area (Å²) in [6, 6.07) is 6.58. The van der Waals surface area contributed by atoms with Crippen LogP contribution in [-0.2, 0) is 0 Å². The first-order chi connectivity index (χ1) is 9.22. The first-order valence-electron chi connectivity index (χ1n) is 6.89. The zero-order chi connectivity index (χ0) is 13.7. The molecule has 2 rings (SSSR count). The first kappa shape index (κ1) is 13.8. The Hall–Kier alpha value is -1.60. The van der Waals surface area contributed by atoms with Gasteiger partial charge in [-0.2, -0.15) is 5.26 Å². The third kappa shape index (κ3) is 3.68. The van der Waals surface area contributed by atoms with E-state index in [2.05, 4.69) is 17.1 Å². The van der Waals surface area contributed by atoms with E-state index in [-0.39, 0.29) is 5.82 Å². The van der Waals surface area contributed by atoms with Gasteiger partial charge in [0, 0.05) is 18.8 Å². The van der Waals surface area contributed by atoms with E-state index in [1.807, 2.05) is 6.07 Å². The number of halogens is 1. The van der Waals surface area contributed by atoms with Gasteiger partial charge in [-0.15, -0.1) is 0 Å². The van der Waals surface area contributed by atoms with Gasteiger partial charge in [-0.1, -0.05) is 6.92 Å². The van der Waals surface area contributed by atoms with Crippen molar-refractivity contribution in [1.82, 2.24) is 5.32 Å². The summed E-state index contributed by atoms with van der Waals surface area (Å²) in [5.41, 5.74) is 1.23. The van der Waals surface area contributed by atoms with Crippen molar-refractivity contribution in [3.8, 4) is 6.07 Å². The van der Waals surface area contributed by atoms with Crippen molar-refractivity contribution >= 4 is 5.69 Å². The smallest absolute Gasteiger partial charge is 0.126 e. The van der Waals surface area contributed by atoms with Gasteiger partial charge in [-0.3, -0.25) is 0 Å². The van der Waals surface area contributed by atoms with Gasteiger partial charge in [0.1, 0.15) is 5.82 Å². The molecule has 0 aromatic heterocycles. The zero-order valence-corrected chi connectivity index (χ0v) is 11.3. The Morgan fingerprint density at radius 2 is 2.11 bits per heavy atom. The average molecular weight is 261 g/mol. The van der Waals surface area contributed by atoms with Gasteiger partial charge in [0.15, 0.2) is 0 Å². The Morgan fingerprint density at radius 3 is 2.74 bits per heavy atom. The second-order valence-corrected chi connectivity index (χ2v) is 5.05. The second kappa shape index (κ2) is 6.53. The van der Waals surface area contributed by atoms with E-state index in [1.165, 1.54) is 12.1 Å². The van der Waals surface area contributed by atoms with E-state index >= 15 is 0 Å². The molecule has 0 saturated carbocycles. The Labute approximate surface area is 114 Å². The highest BCUT2D eigenvalue weighted by atomic mass is 19.1. The van der Waals surface area contributed by atoms with Crippen LogP contribution in [0.15, 0.2) is 18.2 Å². The molecule has 0 spiro atoms. The lowest BCUT2D eigenvalue weighted by molar-refractivity contribution is 0.386. The van der Waals surface area contributed by atoms with Gasteiger partial charge in [0.25, 0.3) is 0 Å². The minimum Gasteiger partial charge on any atom is -0.371 e. The average Bonchev–Trinajstić information content (AvgIpc) is 2.45. The van der Waals surface area contributed by atoms with Gasteiger partial charge in [-0.05, 0) is 50.0 Å². The van der Waals surface area contributed by atoms with Gasteiger partial charge in [-0.25, -0.2) is 4.39 Å². The van der Waals surface area contributed by atoms with Crippen LogP contribution in [0.3, 0.4) is 0 Å². The van der Waals surface area contributed by atoms with Crippen LogP contribution >= 0.6 is 0 Å². The minimum atomic E-state index is -0.330. The molecule has 1 fully saturated rings. The quantitative estimate of drug-likeness (QED) is 0.905. The molecule has 1 aliphatic heterocycles. The molecule has 19 heavy (non-hydrogen) atoms. The molecule has 0 aliphatic carbocycles. The van der Waals surface area contributed by atoms with E-state index in [4.69, 9.17) is 5.26 Å². The molecule has 102 valence electrons. The predicted octanol–water partition coefficient (Wildman–Crippen LogP) is 2.52. The molecule has 1 saturated heterocycles. The largest absolute Gasteiger partial charge is 0.371 e. The molecule has 1 heterocycles. The normalized spacial score (nSPS) is 16.4. The lowest BCUT2D eigenvalue weighted by Crippen LogP contribution is -2.37. The fraction of sp³-hybridized carbons (Fsp3) is 0.533. The van der Waals surface area contributed by atoms with Crippen LogP contribution < -0.4 is 10.2 Å². The number of hydrogen-bond donors (Lipinski definition) is 1. The molecule has 1 aromatic carbocycles. The van der Waals surface area contributed by atoms with Crippen molar-refractivity contribution < 1.29 is 4.39 Å². The van der Waals surface area contributed by atoms with Crippen LogP contribution in [0.25, 0.3) is 0 Å². The molecule has 1 aromatic rings. The number of nitriles is 1. The van der Waals surface area contributed by atoms with Gasteiger partial charge < -0.3 is 10.2 Å². The molecule has 0 unspecified atom stereocenters. The van der Waals surface area contributed by atoms with E-state index in [1.54, 1.807) is 6.07 Å². The second-order valence-electron chi connectivity index (χ2n) is 5.05. The fourth-order valence-corrected chi connectivity index (χ4v) is 2.57. The third-order valence-corrected chi connectivity index (χ3v) is 3.67. The number of piperidine rings is 1. The number of hydrogen-bond acceptors (Lipinski definition) is 3. The van der Waals surface area contributed by atoms with Crippen molar-refractivity contribution in [1.29, 1.82) is 5.26 Å². The van der Waals surface area contributed by atoms with Crippen molar-refractivity contribution in [2.45, 2.75) is 19.8 Å². The summed E-state index contributed by atoms with van der Waals surface area (Å²) in [5, 5.41) is 12.3. The molecule has 0 atom stereocenters. The standard InChI is InChI=1S/C15H20FN3/c1-2-18-11-12-3-5-19(6-4-12)15-8-13(10-17)7-14(16)9-15/h7-9,12,18H,2-6,11H2,1H3. The summed E-state index contributed by atoms with van der Waals surface area (Å²) < 4.78 is 13.4. The molecule has 1 aliphatic rings. The van der Waals surface area contributed by atoms with Crippen LogP contribution in [-0.4, -0.2) is 26.2 Å². The van der Waals surface area contributed by atoms with E-state index in [0.717, 1.165) is 44.7 Å². The van der Waals surface area contributed by atoms with Crippen molar-refractivity contribution in [3.05, 3.63) is 29.6 Å². The molecule has 1 N–H and O–H groups in total. The summed E-state index contributed by atoms with van der Waals surface area (Å²) in [6.45, 7) is 6.06. The highest BCUT2D eigenvalue weighted by Gasteiger charge is 2.19. The highest BCUT2D eigenvalue weighted by Crippen LogP contribution is 2.24. The topological polar surface area (TPSA) is 39.1 Å². The van der Waals surface area contributed by atoms with E-state index < -0.39 is 0 Å². The van der Waals surface area contributed by atoms with Crippen LogP contribution in [0, 0.1) is 23.1 Å². The Balaban J connectivity index is 1.98. The Bertz CT molecular complexity index is 459. The van der Waals surface area contributed by atoms with Crippen molar-refractivity contribution in [2.24, 2.45) is 5.92 Å². The number of anilines is 1. The maximum atomic E-state index is 13.4. The summed E-state index contributed by atoms with van der Waals surface area (Å²) in [5.74, 6) is 0.379. The first-order valence-corrected chi connectivity index (χ1v) is 6.89. The lowest BCUT2D eigenvalue weighted by atomic mass is 9.96. The molecule has 0 radical (unpaired) electrons. The molecule has 0 bridgehead atoms. The summed E-state index contributed by atoms with van der Waals surface area (Å²) in [7, 11) is 0. The predicted molar refractivity (Wildman–Crippen MR) is 74.6 cm³/mol. The van der Waals surface area contributed by atoms with Gasteiger partial charge >= 0.3 is 0 Å².